The molecule has 3 atom stereocenters. The van der Waals surface area contributed by atoms with E-state index in [0.717, 1.165) is 17.0 Å². The van der Waals surface area contributed by atoms with Crippen LogP contribution >= 0.6 is 23.5 Å². The van der Waals surface area contributed by atoms with Crippen LogP contribution in [0.1, 0.15) is 52.4 Å². The van der Waals surface area contributed by atoms with E-state index in [-0.39, 0.29) is 0 Å². The molecule has 1 nitrogen and oxygen atoms in total. The lowest BCUT2D eigenvalue weighted by molar-refractivity contribution is 0.520. The molecule has 0 aromatic rings. The molecule has 0 radical (unpaired) electrons. The van der Waals surface area contributed by atoms with Gasteiger partial charge in [-0.1, -0.05) is 38.3 Å². The normalized spacial score (nSPS) is 31.2. The second kappa shape index (κ2) is 8.63. The Bertz CT molecular complexity index is 290. The van der Waals surface area contributed by atoms with Crippen molar-refractivity contribution in [2.24, 2.45) is 0 Å². The fourth-order valence-corrected chi connectivity index (χ4v) is 6.16. The summed E-state index contributed by atoms with van der Waals surface area (Å²) in [6.07, 6.45) is 10.8. The smallest absolute Gasteiger partial charge is 0.0410 e. The molecule has 110 valence electrons. The lowest BCUT2D eigenvalue weighted by Gasteiger charge is -2.36. The molecule has 0 amide bonds. The van der Waals surface area contributed by atoms with Crippen molar-refractivity contribution in [3.63, 3.8) is 0 Å². The zero-order valence-electron chi connectivity index (χ0n) is 12.5. The molecule has 0 saturated carbocycles. The molecular weight excluding hydrogens is 270 g/mol. The SMILES string of the molecule is CCNC(C1=CCCCCCC1)C1SCCSC1C. The molecular formula is C16H29NS2. The largest absolute Gasteiger partial charge is 0.310 e. The molecule has 3 unspecified atom stereocenters. The van der Waals surface area contributed by atoms with Crippen LogP contribution in [0.4, 0.5) is 0 Å². The number of hydrogen-bond donors (Lipinski definition) is 1. The van der Waals surface area contributed by atoms with E-state index in [1.165, 1.54) is 50.0 Å². The van der Waals surface area contributed by atoms with E-state index in [0.29, 0.717) is 6.04 Å². The first-order chi connectivity index (χ1) is 9.33. The van der Waals surface area contributed by atoms with Crippen LogP contribution < -0.4 is 5.32 Å². The molecule has 2 aliphatic rings. The summed E-state index contributed by atoms with van der Waals surface area (Å²) < 4.78 is 0. The molecule has 1 aliphatic carbocycles. The van der Waals surface area contributed by atoms with Gasteiger partial charge in [0.05, 0.1) is 0 Å². The highest BCUT2D eigenvalue weighted by Crippen LogP contribution is 2.36. The van der Waals surface area contributed by atoms with Crippen LogP contribution in [-0.2, 0) is 0 Å². The van der Waals surface area contributed by atoms with Crippen LogP contribution in [0.15, 0.2) is 11.6 Å². The van der Waals surface area contributed by atoms with Gasteiger partial charge in [-0.2, -0.15) is 23.5 Å². The van der Waals surface area contributed by atoms with Gasteiger partial charge in [0.15, 0.2) is 0 Å². The highest BCUT2D eigenvalue weighted by molar-refractivity contribution is 8.07. The Hall–Kier alpha value is 0.400. The minimum absolute atomic E-state index is 0.621. The third-order valence-corrected chi connectivity index (χ3v) is 7.41. The Morgan fingerprint density at radius 1 is 1.21 bits per heavy atom. The summed E-state index contributed by atoms with van der Waals surface area (Å²) in [5.41, 5.74) is 1.72. The van der Waals surface area contributed by atoms with Gasteiger partial charge < -0.3 is 5.32 Å². The molecule has 0 aromatic heterocycles. The van der Waals surface area contributed by atoms with Crippen LogP contribution in [0.5, 0.6) is 0 Å². The maximum absolute atomic E-state index is 3.80. The van der Waals surface area contributed by atoms with Gasteiger partial charge in [-0.25, -0.2) is 0 Å². The molecule has 2 rings (SSSR count). The van der Waals surface area contributed by atoms with Crippen LogP contribution in [0.2, 0.25) is 0 Å². The fourth-order valence-electron chi connectivity index (χ4n) is 3.19. The van der Waals surface area contributed by atoms with Crippen LogP contribution in [0.25, 0.3) is 0 Å². The van der Waals surface area contributed by atoms with Crippen molar-refractivity contribution in [2.45, 2.75) is 68.9 Å². The first kappa shape index (κ1) is 15.8. The lowest BCUT2D eigenvalue weighted by Crippen LogP contribution is -2.45. The highest BCUT2D eigenvalue weighted by atomic mass is 32.2. The van der Waals surface area contributed by atoms with E-state index in [9.17, 15) is 0 Å². The van der Waals surface area contributed by atoms with Gasteiger partial charge in [-0.15, -0.1) is 0 Å². The highest BCUT2D eigenvalue weighted by Gasteiger charge is 2.31. The zero-order valence-corrected chi connectivity index (χ0v) is 14.1. The van der Waals surface area contributed by atoms with E-state index >= 15 is 0 Å². The van der Waals surface area contributed by atoms with Crippen molar-refractivity contribution in [1.82, 2.24) is 5.32 Å². The Labute approximate surface area is 127 Å². The number of nitrogens with one attached hydrogen (secondary N) is 1. The van der Waals surface area contributed by atoms with Gasteiger partial charge in [0.2, 0.25) is 0 Å². The standard InChI is InChI=1S/C16H29NS2/c1-3-17-15(16-13(2)18-11-12-19-16)14-9-7-5-4-6-8-10-14/h9,13,15-17H,3-8,10-12H2,1-2H3. The third kappa shape index (κ3) is 4.71. The quantitative estimate of drug-likeness (QED) is 0.769. The van der Waals surface area contributed by atoms with Crippen LogP contribution in [-0.4, -0.2) is 34.6 Å². The van der Waals surface area contributed by atoms with Gasteiger partial charge in [-0.05, 0) is 32.2 Å². The van der Waals surface area contributed by atoms with Crippen molar-refractivity contribution in [1.29, 1.82) is 0 Å². The number of hydrogen-bond acceptors (Lipinski definition) is 3. The molecule has 1 aliphatic heterocycles. The molecule has 0 spiro atoms. The second-order valence-electron chi connectivity index (χ2n) is 5.68. The number of allylic oxidation sites excluding steroid dienone is 1. The van der Waals surface area contributed by atoms with Gasteiger partial charge in [0.25, 0.3) is 0 Å². The number of rotatable bonds is 4. The fraction of sp³-hybridized carbons (Fsp3) is 0.875. The molecule has 19 heavy (non-hydrogen) atoms. The zero-order chi connectivity index (χ0) is 13.5. The van der Waals surface area contributed by atoms with E-state index in [1.807, 2.05) is 0 Å². The van der Waals surface area contributed by atoms with Crippen molar-refractivity contribution < 1.29 is 0 Å². The van der Waals surface area contributed by atoms with E-state index in [1.54, 1.807) is 5.57 Å². The van der Waals surface area contributed by atoms with E-state index in [2.05, 4.69) is 48.8 Å². The molecule has 1 heterocycles. The molecule has 1 fully saturated rings. The van der Waals surface area contributed by atoms with E-state index < -0.39 is 0 Å². The Morgan fingerprint density at radius 3 is 2.79 bits per heavy atom. The predicted molar refractivity (Wildman–Crippen MR) is 91.4 cm³/mol. The minimum atomic E-state index is 0.621. The summed E-state index contributed by atoms with van der Waals surface area (Å²) >= 11 is 4.37. The van der Waals surface area contributed by atoms with Crippen molar-refractivity contribution >= 4 is 23.5 Å². The van der Waals surface area contributed by atoms with Gasteiger partial charge >= 0.3 is 0 Å². The molecule has 3 heteroatoms. The van der Waals surface area contributed by atoms with E-state index in [4.69, 9.17) is 0 Å². The van der Waals surface area contributed by atoms with Crippen molar-refractivity contribution in [2.75, 3.05) is 18.1 Å². The van der Waals surface area contributed by atoms with Crippen molar-refractivity contribution in [3.05, 3.63) is 11.6 Å². The summed E-state index contributed by atoms with van der Waals surface area (Å²) in [6.45, 7) is 5.77. The summed E-state index contributed by atoms with van der Waals surface area (Å²) in [4.78, 5) is 0. The number of thioether (sulfide) groups is 2. The van der Waals surface area contributed by atoms with Gasteiger partial charge in [0.1, 0.15) is 0 Å². The topological polar surface area (TPSA) is 12.0 Å². The van der Waals surface area contributed by atoms with Crippen LogP contribution in [0, 0.1) is 0 Å². The van der Waals surface area contributed by atoms with Crippen molar-refractivity contribution in [3.8, 4) is 0 Å². The Balaban J connectivity index is 2.07. The predicted octanol–water partition coefficient (Wildman–Crippen LogP) is 4.48. The summed E-state index contributed by atoms with van der Waals surface area (Å²) in [5.74, 6) is 2.66. The van der Waals surface area contributed by atoms with Crippen LogP contribution in [0.3, 0.4) is 0 Å². The number of likely N-dealkylation sites (N-methyl/N-ethyl adjacent to an activating group) is 1. The molecule has 0 bridgehead atoms. The summed E-state index contributed by atoms with van der Waals surface area (Å²) in [7, 11) is 0. The second-order valence-corrected chi connectivity index (χ2v) is 8.45. The first-order valence-electron chi connectivity index (χ1n) is 7.98. The minimum Gasteiger partial charge on any atom is -0.310 e. The average Bonchev–Trinajstić information content (AvgIpc) is 2.37. The summed E-state index contributed by atoms with van der Waals surface area (Å²) in [5, 5.41) is 5.35. The van der Waals surface area contributed by atoms with Gasteiger partial charge in [0, 0.05) is 28.0 Å². The average molecular weight is 300 g/mol. The Morgan fingerprint density at radius 2 is 2.00 bits per heavy atom. The first-order valence-corrected chi connectivity index (χ1v) is 10.1. The summed E-state index contributed by atoms with van der Waals surface area (Å²) in [6, 6.07) is 0.621. The Kier molecular flexibility index (Phi) is 7.17. The third-order valence-electron chi connectivity index (χ3n) is 4.22. The monoisotopic (exact) mass is 299 g/mol. The molecule has 1 saturated heterocycles. The van der Waals surface area contributed by atoms with Gasteiger partial charge in [-0.3, -0.25) is 0 Å². The maximum Gasteiger partial charge on any atom is 0.0410 e. The molecule has 0 aromatic carbocycles. The lowest BCUT2D eigenvalue weighted by atomic mass is 9.92. The maximum atomic E-state index is 3.80. The molecule has 1 N–H and O–H groups in total.